The maximum Gasteiger partial charge on any atom is 0.200 e. The molecule has 0 spiro atoms. The van der Waals surface area contributed by atoms with Crippen molar-refractivity contribution in [2.75, 3.05) is 13.1 Å². The maximum absolute atomic E-state index is 10.2. The van der Waals surface area contributed by atoms with Crippen LogP contribution in [-0.4, -0.2) is 30.3 Å². The third-order valence-corrected chi connectivity index (χ3v) is 2.12. The molecule has 2 nitrogen and oxygen atoms in total. The molecule has 0 aliphatic heterocycles. The Morgan fingerprint density at radius 2 is 1.82 bits per heavy atom. The average molecular weight is 156 g/mol. The molecule has 11 heavy (non-hydrogen) atoms. The number of rotatable bonds is 6. The van der Waals surface area contributed by atoms with Crippen LogP contribution in [-0.2, 0) is 4.79 Å². The van der Waals surface area contributed by atoms with E-state index in [1.807, 2.05) is 6.29 Å². The minimum absolute atomic E-state index is 0.405. The molecular formula is C9H18NO. The van der Waals surface area contributed by atoms with Gasteiger partial charge < -0.3 is 4.90 Å². The number of hydrogen-bond donors (Lipinski definition) is 0. The monoisotopic (exact) mass is 156 g/mol. The van der Waals surface area contributed by atoms with Gasteiger partial charge in [-0.3, -0.25) is 4.79 Å². The number of carbonyl (C=O) groups excluding carboxylic acids is 1. The van der Waals surface area contributed by atoms with Crippen LogP contribution in [0.4, 0.5) is 0 Å². The molecule has 65 valence electrons. The fourth-order valence-corrected chi connectivity index (χ4v) is 1.37. The second-order valence-corrected chi connectivity index (χ2v) is 2.63. The van der Waals surface area contributed by atoms with Crippen LogP contribution in [0.1, 0.15) is 33.6 Å². The van der Waals surface area contributed by atoms with Crippen molar-refractivity contribution in [1.82, 2.24) is 4.90 Å². The topological polar surface area (TPSA) is 20.3 Å². The van der Waals surface area contributed by atoms with E-state index < -0.39 is 0 Å². The third kappa shape index (κ3) is 3.51. The van der Waals surface area contributed by atoms with E-state index in [0.717, 1.165) is 19.5 Å². The summed E-state index contributed by atoms with van der Waals surface area (Å²) in [6.45, 7) is 8.40. The SMILES string of the molecule is CCC(C[C]=O)N(CC)CC. The molecule has 0 N–H and O–H groups in total. The number of hydrogen-bond acceptors (Lipinski definition) is 2. The Morgan fingerprint density at radius 3 is 2.09 bits per heavy atom. The molecule has 0 aromatic carbocycles. The first-order valence-corrected chi connectivity index (χ1v) is 4.39. The van der Waals surface area contributed by atoms with Crippen molar-refractivity contribution in [2.24, 2.45) is 0 Å². The fraction of sp³-hybridized carbons (Fsp3) is 0.889. The molecule has 0 aliphatic carbocycles. The van der Waals surface area contributed by atoms with Crippen LogP contribution < -0.4 is 0 Å². The zero-order valence-electron chi connectivity index (χ0n) is 7.76. The fourth-order valence-electron chi connectivity index (χ4n) is 1.37. The van der Waals surface area contributed by atoms with Crippen molar-refractivity contribution >= 4 is 6.29 Å². The summed E-state index contributed by atoms with van der Waals surface area (Å²) in [5, 5.41) is 0. The molecule has 0 aromatic rings. The van der Waals surface area contributed by atoms with Gasteiger partial charge in [0, 0.05) is 12.5 Å². The Balaban J connectivity index is 3.85. The maximum atomic E-state index is 10.2. The summed E-state index contributed by atoms with van der Waals surface area (Å²) in [7, 11) is 0. The van der Waals surface area contributed by atoms with E-state index in [2.05, 4.69) is 25.7 Å². The summed E-state index contributed by atoms with van der Waals surface area (Å²) in [5.41, 5.74) is 0. The summed E-state index contributed by atoms with van der Waals surface area (Å²) in [4.78, 5) is 12.5. The molecule has 0 saturated carbocycles. The molecule has 1 unspecified atom stereocenters. The summed E-state index contributed by atoms with van der Waals surface area (Å²) in [6, 6.07) is 0.405. The second kappa shape index (κ2) is 6.35. The Hall–Kier alpha value is -0.370. The lowest BCUT2D eigenvalue weighted by molar-refractivity contribution is 0.215. The van der Waals surface area contributed by atoms with E-state index in [9.17, 15) is 4.79 Å². The number of nitrogens with zero attached hydrogens (tertiary/aromatic N) is 1. The highest BCUT2D eigenvalue weighted by atomic mass is 16.1. The first-order chi connectivity index (χ1) is 5.29. The Kier molecular flexibility index (Phi) is 6.13. The smallest absolute Gasteiger partial charge is 0.200 e. The van der Waals surface area contributed by atoms with Crippen LogP contribution >= 0.6 is 0 Å². The highest BCUT2D eigenvalue weighted by Crippen LogP contribution is 2.05. The van der Waals surface area contributed by atoms with Crippen LogP contribution in [0.2, 0.25) is 0 Å². The quantitative estimate of drug-likeness (QED) is 0.582. The minimum Gasteiger partial charge on any atom is -0.300 e. The zero-order chi connectivity index (χ0) is 8.69. The van der Waals surface area contributed by atoms with Crippen LogP contribution in [0.3, 0.4) is 0 Å². The van der Waals surface area contributed by atoms with E-state index >= 15 is 0 Å². The Morgan fingerprint density at radius 1 is 1.27 bits per heavy atom. The van der Waals surface area contributed by atoms with Crippen molar-refractivity contribution in [3.05, 3.63) is 0 Å². The van der Waals surface area contributed by atoms with Gasteiger partial charge in [0.25, 0.3) is 0 Å². The van der Waals surface area contributed by atoms with Gasteiger partial charge in [0.15, 0.2) is 6.29 Å². The molecular weight excluding hydrogens is 138 g/mol. The van der Waals surface area contributed by atoms with E-state index in [4.69, 9.17) is 0 Å². The van der Waals surface area contributed by atoms with Gasteiger partial charge in [0.1, 0.15) is 0 Å². The van der Waals surface area contributed by atoms with Crippen LogP contribution in [0.5, 0.6) is 0 Å². The van der Waals surface area contributed by atoms with Gasteiger partial charge >= 0.3 is 0 Å². The molecule has 0 aliphatic rings. The minimum atomic E-state index is 0.405. The van der Waals surface area contributed by atoms with Crippen LogP contribution in [0, 0.1) is 0 Å². The first kappa shape index (κ1) is 10.6. The third-order valence-electron chi connectivity index (χ3n) is 2.12. The summed E-state index contributed by atoms with van der Waals surface area (Å²) < 4.78 is 0. The van der Waals surface area contributed by atoms with E-state index in [0.29, 0.717) is 12.5 Å². The Bertz CT molecular complexity index is 99.7. The molecule has 0 bridgehead atoms. The molecule has 0 rings (SSSR count). The van der Waals surface area contributed by atoms with Gasteiger partial charge in [-0.05, 0) is 19.5 Å². The van der Waals surface area contributed by atoms with Crippen molar-refractivity contribution in [3.63, 3.8) is 0 Å². The highest BCUT2D eigenvalue weighted by molar-refractivity contribution is 5.51. The zero-order valence-corrected chi connectivity index (χ0v) is 7.76. The Labute approximate surface area is 69.6 Å². The van der Waals surface area contributed by atoms with Gasteiger partial charge in [0.05, 0.1) is 0 Å². The molecule has 1 atom stereocenters. The molecule has 2 heteroatoms. The summed E-state index contributed by atoms with van der Waals surface area (Å²) in [6.07, 6.45) is 3.57. The lowest BCUT2D eigenvalue weighted by atomic mass is 10.1. The normalized spacial score (nSPS) is 13.5. The van der Waals surface area contributed by atoms with Crippen LogP contribution in [0.25, 0.3) is 0 Å². The highest BCUT2D eigenvalue weighted by Gasteiger charge is 2.12. The molecule has 0 fully saturated rings. The van der Waals surface area contributed by atoms with E-state index in [-0.39, 0.29) is 0 Å². The molecule has 0 heterocycles. The van der Waals surface area contributed by atoms with Gasteiger partial charge in [-0.1, -0.05) is 20.8 Å². The van der Waals surface area contributed by atoms with Gasteiger partial charge in [0.2, 0.25) is 0 Å². The van der Waals surface area contributed by atoms with Gasteiger partial charge in [-0.15, -0.1) is 0 Å². The molecule has 0 saturated heterocycles. The van der Waals surface area contributed by atoms with Crippen LogP contribution in [0.15, 0.2) is 0 Å². The van der Waals surface area contributed by atoms with Crippen molar-refractivity contribution in [1.29, 1.82) is 0 Å². The van der Waals surface area contributed by atoms with Crippen molar-refractivity contribution in [2.45, 2.75) is 39.7 Å². The standard InChI is InChI=1S/C9H18NO/c1-4-9(7-8-11)10(5-2)6-3/h9H,4-7H2,1-3H3. The predicted molar refractivity (Wildman–Crippen MR) is 47.3 cm³/mol. The summed E-state index contributed by atoms with van der Waals surface area (Å²) >= 11 is 0. The largest absolute Gasteiger partial charge is 0.300 e. The summed E-state index contributed by atoms with van der Waals surface area (Å²) in [5.74, 6) is 0. The van der Waals surface area contributed by atoms with E-state index in [1.165, 1.54) is 0 Å². The molecule has 0 amide bonds. The lowest BCUT2D eigenvalue weighted by Gasteiger charge is -2.26. The average Bonchev–Trinajstić information content (AvgIpc) is 2.05. The van der Waals surface area contributed by atoms with E-state index in [1.54, 1.807) is 0 Å². The van der Waals surface area contributed by atoms with Gasteiger partial charge in [-0.25, -0.2) is 0 Å². The molecule has 1 radical (unpaired) electrons. The molecule has 0 aromatic heterocycles. The predicted octanol–water partition coefficient (Wildman–Crippen LogP) is 1.61. The first-order valence-electron chi connectivity index (χ1n) is 4.39. The van der Waals surface area contributed by atoms with Gasteiger partial charge in [-0.2, -0.15) is 0 Å². The second-order valence-electron chi connectivity index (χ2n) is 2.63. The lowest BCUT2D eigenvalue weighted by Crippen LogP contribution is -2.34. The van der Waals surface area contributed by atoms with Crippen molar-refractivity contribution < 1.29 is 4.79 Å². The van der Waals surface area contributed by atoms with Crippen molar-refractivity contribution in [3.8, 4) is 0 Å².